The molecule has 0 spiro atoms. The number of hydrogen-bond acceptors (Lipinski definition) is 4. The Morgan fingerprint density at radius 1 is 1.23 bits per heavy atom. The highest BCUT2D eigenvalue weighted by Gasteiger charge is 2.33. The van der Waals surface area contributed by atoms with E-state index in [2.05, 4.69) is 15.5 Å². The summed E-state index contributed by atoms with van der Waals surface area (Å²) in [5, 5.41) is 10.2. The highest BCUT2D eigenvalue weighted by atomic mass is 35.5. The number of amides is 1. The van der Waals surface area contributed by atoms with Gasteiger partial charge in [0.15, 0.2) is 0 Å². The minimum absolute atomic E-state index is 0.0591. The van der Waals surface area contributed by atoms with E-state index in [1.165, 1.54) is 4.31 Å². The summed E-state index contributed by atoms with van der Waals surface area (Å²) in [4.78, 5) is 12.5. The number of halogens is 1. The Bertz CT molecular complexity index is 881. The van der Waals surface area contributed by atoms with Gasteiger partial charge in [-0.25, -0.2) is 8.42 Å². The molecule has 1 aliphatic heterocycles. The Morgan fingerprint density at radius 3 is 2.38 bits per heavy atom. The second kappa shape index (κ2) is 7.38. The van der Waals surface area contributed by atoms with Crippen LogP contribution in [0.5, 0.6) is 0 Å². The van der Waals surface area contributed by atoms with Crippen LogP contribution < -0.4 is 5.32 Å². The molecule has 140 valence electrons. The van der Waals surface area contributed by atoms with Gasteiger partial charge in [-0.2, -0.15) is 9.40 Å². The monoisotopic (exact) mass is 396 g/mol. The van der Waals surface area contributed by atoms with E-state index in [-0.39, 0.29) is 16.8 Å². The highest BCUT2D eigenvalue weighted by molar-refractivity contribution is 7.89. The molecule has 1 saturated heterocycles. The molecule has 0 saturated carbocycles. The Morgan fingerprint density at radius 2 is 1.85 bits per heavy atom. The molecule has 7 nitrogen and oxygen atoms in total. The molecule has 26 heavy (non-hydrogen) atoms. The van der Waals surface area contributed by atoms with Crippen LogP contribution in [-0.2, 0) is 10.0 Å². The Hall–Kier alpha value is -1.90. The molecular weight excluding hydrogens is 376 g/mol. The van der Waals surface area contributed by atoms with Gasteiger partial charge >= 0.3 is 0 Å². The Balaban J connectivity index is 1.62. The topological polar surface area (TPSA) is 95.2 Å². The molecular formula is C17H21ClN4O3S. The van der Waals surface area contributed by atoms with Crippen LogP contribution in [0.2, 0.25) is 5.02 Å². The molecule has 1 aromatic carbocycles. The predicted octanol–water partition coefficient (Wildman–Crippen LogP) is 2.26. The van der Waals surface area contributed by atoms with E-state index >= 15 is 0 Å². The molecule has 3 rings (SSSR count). The molecule has 0 aliphatic carbocycles. The number of aromatic amines is 1. The molecule has 0 atom stereocenters. The number of carbonyl (C=O) groups excluding carboxylic acids is 1. The fraction of sp³-hybridized carbons (Fsp3) is 0.412. The molecule has 1 fully saturated rings. The summed E-state index contributed by atoms with van der Waals surface area (Å²) in [6.07, 6.45) is 1.13. The zero-order valence-electron chi connectivity index (χ0n) is 14.6. The molecule has 1 aromatic heterocycles. The first-order chi connectivity index (χ1) is 12.3. The molecule has 9 heteroatoms. The number of carbonyl (C=O) groups is 1. The van der Waals surface area contributed by atoms with Crippen molar-refractivity contribution in [1.82, 2.24) is 19.8 Å². The number of benzene rings is 1. The lowest BCUT2D eigenvalue weighted by molar-refractivity contribution is 0.0924. The lowest BCUT2D eigenvalue weighted by Crippen LogP contribution is -2.46. The molecule has 2 heterocycles. The molecule has 2 aromatic rings. The summed E-state index contributed by atoms with van der Waals surface area (Å²) >= 11 is 5.83. The summed E-state index contributed by atoms with van der Waals surface area (Å²) in [6, 6.07) is 6.61. The van der Waals surface area contributed by atoms with Gasteiger partial charge in [0.25, 0.3) is 5.91 Å². The number of piperidine rings is 1. The number of aryl methyl sites for hydroxylation is 2. The summed E-state index contributed by atoms with van der Waals surface area (Å²) in [5.41, 5.74) is 1.55. The van der Waals surface area contributed by atoms with Crippen molar-refractivity contribution in [3.05, 3.63) is 46.2 Å². The van der Waals surface area contributed by atoms with Crippen molar-refractivity contribution in [3.8, 4) is 0 Å². The van der Waals surface area contributed by atoms with Crippen molar-refractivity contribution in [3.63, 3.8) is 0 Å². The third kappa shape index (κ3) is 3.77. The average molecular weight is 397 g/mol. The lowest BCUT2D eigenvalue weighted by atomic mass is 10.1. The van der Waals surface area contributed by atoms with Crippen LogP contribution in [0.3, 0.4) is 0 Å². The highest BCUT2D eigenvalue weighted by Crippen LogP contribution is 2.24. The van der Waals surface area contributed by atoms with E-state index in [4.69, 9.17) is 11.6 Å². The molecule has 1 aliphatic rings. The first kappa shape index (κ1) is 18.9. The van der Waals surface area contributed by atoms with E-state index in [0.717, 1.165) is 0 Å². The SMILES string of the molecule is Cc1n[nH]c(C)c1S(=O)(=O)N1CCC(NC(=O)c2ccc(Cl)cc2)CC1. The number of rotatable bonds is 4. The fourth-order valence-electron chi connectivity index (χ4n) is 3.16. The smallest absolute Gasteiger partial charge is 0.251 e. The van der Waals surface area contributed by atoms with E-state index < -0.39 is 10.0 Å². The van der Waals surface area contributed by atoms with Gasteiger partial charge in [0.05, 0.1) is 11.4 Å². The molecule has 1 amide bonds. The van der Waals surface area contributed by atoms with Crippen LogP contribution in [0.4, 0.5) is 0 Å². The van der Waals surface area contributed by atoms with Crippen molar-refractivity contribution in [1.29, 1.82) is 0 Å². The fourth-order valence-corrected chi connectivity index (χ4v) is 5.09. The molecule has 0 unspecified atom stereocenters. The van der Waals surface area contributed by atoms with Gasteiger partial charge in [0, 0.05) is 29.7 Å². The van der Waals surface area contributed by atoms with Crippen LogP contribution in [0.1, 0.15) is 34.6 Å². The number of nitrogens with one attached hydrogen (secondary N) is 2. The van der Waals surface area contributed by atoms with E-state index in [1.807, 2.05) is 0 Å². The predicted molar refractivity (Wildman–Crippen MR) is 98.8 cm³/mol. The van der Waals surface area contributed by atoms with Crippen molar-refractivity contribution >= 4 is 27.5 Å². The van der Waals surface area contributed by atoms with Crippen molar-refractivity contribution in [2.75, 3.05) is 13.1 Å². The van der Waals surface area contributed by atoms with Gasteiger partial charge in [-0.05, 0) is 51.0 Å². The second-order valence-corrected chi connectivity index (χ2v) is 8.73. The van der Waals surface area contributed by atoms with Crippen LogP contribution in [-0.4, -0.2) is 48.0 Å². The average Bonchev–Trinajstić information content (AvgIpc) is 2.95. The minimum atomic E-state index is -3.58. The summed E-state index contributed by atoms with van der Waals surface area (Å²) < 4.78 is 27.1. The van der Waals surface area contributed by atoms with Crippen LogP contribution in [0, 0.1) is 13.8 Å². The van der Waals surface area contributed by atoms with Crippen LogP contribution in [0.25, 0.3) is 0 Å². The normalized spacial score (nSPS) is 16.6. The first-order valence-electron chi connectivity index (χ1n) is 8.37. The van der Waals surface area contributed by atoms with Gasteiger partial charge in [0.2, 0.25) is 10.0 Å². The quantitative estimate of drug-likeness (QED) is 0.828. The van der Waals surface area contributed by atoms with Gasteiger partial charge < -0.3 is 5.32 Å². The number of hydrogen-bond donors (Lipinski definition) is 2. The Labute approximate surface area is 157 Å². The zero-order valence-corrected chi connectivity index (χ0v) is 16.2. The van der Waals surface area contributed by atoms with Gasteiger partial charge in [-0.3, -0.25) is 9.89 Å². The maximum Gasteiger partial charge on any atom is 0.251 e. The maximum atomic E-state index is 12.8. The number of nitrogens with zero attached hydrogens (tertiary/aromatic N) is 2. The number of sulfonamides is 1. The van der Waals surface area contributed by atoms with Gasteiger partial charge in [-0.15, -0.1) is 0 Å². The van der Waals surface area contributed by atoms with Crippen LogP contribution >= 0.6 is 11.6 Å². The molecule has 0 radical (unpaired) electrons. The standard InChI is InChI=1S/C17H21ClN4O3S/c1-11-16(12(2)21-20-11)26(24,25)22-9-7-15(8-10-22)19-17(23)13-3-5-14(18)6-4-13/h3-6,15H,7-10H2,1-2H3,(H,19,23)(H,20,21). The molecule has 0 bridgehead atoms. The minimum Gasteiger partial charge on any atom is -0.349 e. The van der Waals surface area contributed by atoms with Gasteiger partial charge in [0.1, 0.15) is 4.90 Å². The third-order valence-corrected chi connectivity index (χ3v) is 6.97. The van der Waals surface area contributed by atoms with Crippen molar-refractivity contribution in [2.24, 2.45) is 0 Å². The van der Waals surface area contributed by atoms with Crippen molar-refractivity contribution in [2.45, 2.75) is 37.6 Å². The summed E-state index contributed by atoms with van der Waals surface area (Å²) in [5.74, 6) is -0.176. The van der Waals surface area contributed by atoms with Crippen molar-refractivity contribution < 1.29 is 13.2 Å². The number of aromatic nitrogens is 2. The molecule has 2 N–H and O–H groups in total. The van der Waals surface area contributed by atoms with E-state index in [0.29, 0.717) is 47.9 Å². The zero-order chi connectivity index (χ0) is 18.9. The van der Waals surface area contributed by atoms with Gasteiger partial charge in [-0.1, -0.05) is 11.6 Å². The largest absolute Gasteiger partial charge is 0.349 e. The maximum absolute atomic E-state index is 12.8. The van der Waals surface area contributed by atoms with E-state index in [1.54, 1.807) is 38.1 Å². The third-order valence-electron chi connectivity index (χ3n) is 4.55. The summed E-state index contributed by atoms with van der Waals surface area (Å²) in [7, 11) is -3.58. The van der Waals surface area contributed by atoms with E-state index in [9.17, 15) is 13.2 Å². The lowest BCUT2D eigenvalue weighted by Gasteiger charge is -2.31. The number of H-pyrrole nitrogens is 1. The second-order valence-electron chi connectivity index (χ2n) is 6.42. The first-order valence-corrected chi connectivity index (χ1v) is 10.2. The van der Waals surface area contributed by atoms with Crippen LogP contribution in [0.15, 0.2) is 29.2 Å². The summed E-state index contributed by atoms with van der Waals surface area (Å²) in [6.45, 7) is 4.09. The Kier molecular flexibility index (Phi) is 5.36.